The number of para-hydroxylation sites is 1. The van der Waals surface area contributed by atoms with Gasteiger partial charge in [-0.1, -0.05) is 36.4 Å². The van der Waals surface area contributed by atoms with Crippen LogP contribution in [-0.2, 0) is 0 Å². The molecule has 0 amide bonds. The maximum absolute atomic E-state index is 12.2. The second-order valence-electron chi connectivity index (χ2n) is 5.23. The van der Waals surface area contributed by atoms with Crippen molar-refractivity contribution in [3.8, 4) is 17.2 Å². The van der Waals surface area contributed by atoms with E-state index in [-0.39, 0.29) is 11.5 Å². The first-order chi connectivity index (χ1) is 11.7. The highest BCUT2D eigenvalue weighted by atomic mass is 16.5. The number of carbonyl (C=O) groups is 1. The lowest BCUT2D eigenvalue weighted by molar-refractivity contribution is 0.104. The van der Waals surface area contributed by atoms with Crippen LogP contribution < -0.4 is 4.74 Å². The Morgan fingerprint density at radius 3 is 2.08 bits per heavy atom. The summed E-state index contributed by atoms with van der Waals surface area (Å²) in [6.07, 6.45) is 3.23. The van der Waals surface area contributed by atoms with Crippen molar-refractivity contribution < 1.29 is 14.6 Å². The standard InChI is InChI=1S/C21H16O3/c22-18-11-6-16(7-12-18)8-15-21(23)17-9-13-20(14-10-17)24-19-4-2-1-3-5-19/h1-15,22H. The van der Waals surface area contributed by atoms with Gasteiger partial charge < -0.3 is 9.84 Å². The number of aromatic hydroxyl groups is 1. The summed E-state index contributed by atoms with van der Waals surface area (Å²) < 4.78 is 5.70. The highest BCUT2D eigenvalue weighted by molar-refractivity contribution is 6.06. The monoisotopic (exact) mass is 316 g/mol. The molecule has 0 aromatic heterocycles. The summed E-state index contributed by atoms with van der Waals surface area (Å²) in [6.45, 7) is 0. The highest BCUT2D eigenvalue weighted by Gasteiger charge is 2.03. The number of benzene rings is 3. The zero-order chi connectivity index (χ0) is 16.8. The van der Waals surface area contributed by atoms with E-state index in [1.165, 1.54) is 6.08 Å². The Hall–Kier alpha value is -3.33. The molecule has 118 valence electrons. The van der Waals surface area contributed by atoms with Crippen molar-refractivity contribution in [2.75, 3.05) is 0 Å². The fraction of sp³-hybridized carbons (Fsp3) is 0. The summed E-state index contributed by atoms with van der Waals surface area (Å²) in [4.78, 5) is 12.2. The predicted octanol–water partition coefficient (Wildman–Crippen LogP) is 5.08. The van der Waals surface area contributed by atoms with Crippen LogP contribution in [0.25, 0.3) is 6.08 Å². The molecule has 0 unspecified atom stereocenters. The van der Waals surface area contributed by atoms with Crippen LogP contribution >= 0.6 is 0 Å². The summed E-state index contributed by atoms with van der Waals surface area (Å²) in [6, 6.07) is 23.2. The molecular formula is C21H16O3. The third-order valence-corrected chi connectivity index (χ3v) is 3.44. The molecule has 0 saturated carbocycles. The van der Waals surface area contributed by atoms with Gasteiger partial charge in [-0.15, -0.1) is 0 Å². The Morgan fingerprint density at radius 1 is 0.792 bits per heavy atom. The van der Waals surface area contributed by atoms with Crippen molar-refractivity contribution in [1.29, 1.82) is 0 Å². The van der Waals surface area contributed by atoms with Crippen molar-refractivity contribution >= 4 is 11.9 Å². The molecule has 0 radical (unpaired) electrons. The second kappa shape index (κ2) is 7.29. The van der Waals surface area contributed by atoms with Crippen LogP contribution in [0.5, 0.6) is 17.2 Å². The summed E-state index contributed by atoms with van der Waals surface area (Å²) in [5.74, 6) is 1.55. The van der Waals surface area contributed by atoms with E-state index in [4.69, 9.17) is 4.74 Å². The molecule has 3 nitrogen and oxygen atoms in total. The molecule has 0 spiro atoms. The minimum absolute atomic E-state index is 0.0886. The smallest absolute Gasteiger partial charge is 0.185 e. The molecule has 3 aromatic rings. The molecule has 0 aliphatic carbocycles. The molecule has 0 aliphatic rings. The number of ketones is 1. The molecule has 0 fully saturated rings. The van der Waals surface area contributed by atoms with Gasteiger partial charge in [-0.05, 0) is 60.2 Å². The topological polar surface area (TPSA) is 46.5 Å². The first kappa shape index (κ1) is 15.6. The molecule has 3 heteroatoms. The Bertz CT molecular complexity index is 833. The van der Waals surface area contributed by atoms with E-state index in [1.807, 2.05) is 30.3 Å². The molecule has 0 bridgehead atoms. The average Bonchev–Trinajstić information content (AvgIpc) is 2.62. The van der Waals surface area contributed by atoms with E-state index in [1.54, 1.807) is 54.6 Å². The zero-order valence-electron chi connectivity index (χ0n) is 12.9. The SMILES string of the molecule is O=C(C=Cc1ccc(O)cc1)c1ccc(Oc2ccccc2)cc1. The van der Waals surface area contributed by atoms with Crippen LogP contribution in [-0.4, -0.2) is 10.9 Å². The van der Waals surface area contributed by atoms with Crippen molar-refractivity contribution in [3.05, 3.63) is 96.1 Å². The Morgan fingerprint density at radius 2 is 1.42 bits per heavy atom. The molecule has 0 saturated heterocycles. The number of rotatable bonds is 5. The van der Waals surface area contributed by atoms with E-state index < -0.39 is 0 Å². The summed E-state index contributed by atoms with van der Waals surface area (Å²) in [5.41, 5.74) is 1.44. The maximum atomic E-state index is 12.2. The molecule has 0 atom stereocenters. The van der Waals surface area contributed by atoms with Gasteiger partial charge in [0.25, 0.3) is 0 Å². The Kier molecular flexibility index (Phi) is 4.73. The number of phenols is 1. The van der Waals surface area contributed by atoms with Gasteiger partial charge >= 0.3 is 0 Å². The average molecular weight is 316 g/mol. The van der Waals surface area contributed by atoms with Crippen molar-refractivity contribution in [2.24, 2.45) is 0 Å². The van der Waals surface area contributed by atoms with Gasteiger partial charge in [0.1, 0.15) is 17.2 Å². The number of phenolic OH excluding ortho intramolecular Hbond substituents is 1. The van der Waals surface area contributed by atoms with Crippen LogP contribution in [0, 0.1) is 0 Å². The Labute approximate surface area is 140 Å². The normalized spacial score (nSPS) is 10.7. The first-order valence-corrected chi connectivity index (χ1v) is 7.55. The van der Waals surface area contributed by atoms with Gasteiger partial charge in [0, 0.05) is 5.56 Å². The van der Waals surface area contributed by atoms with Gasteiger partial charge in [0.05, 0.1) is 0 Å². The van der Waals surface area contributed by atoms with E-state index >= 15 is 0 Å². The van der Waals surface area contributed by atoms with E-state index in [0.29, 0.717) is 11.3 Å². The molecule has 24 heavy (non-hydrogen) atoms. The molecule has 1 N–H and O–H groups in total. The number of hydrogen-bond acceptors (Lipinski definition) is 3. The minimum atomic E-state index is -0.0886. The van der Waals surface area contributed by atoms with Crippen LogP contribution in [0.4, 0.5) is 0 Å². The molecular weight excluding hydrogens is 300 g/mol. The van der Waals surface area contributed by atoms with E-state index in [9.17, 15) is 9.90 Å². The summed E-state index contributed by atoms with van der Waals surface area (Å²) in [7, 11) is 0. The molecule has 0 aliphatic heterocycles. The zero-order valence-corrected chi connectivity index (χ0v) is 12.9. The summed E-state index contributed by atoms with van der Waals surface area (Å²) in [5, 5.41) is 9.24. The van der Waals surface area contributed by atoms with Gasteiger partial charge in [-0.3, -0.25) is 4.79 Å². The van der Waals surface area contributed by atoms with Crippen LogP contribution in [0.15, 0.2) is 84.9 Å². The lowest BCUT2D eigenvalue weighted by atomic mass is 10.1. The quantitative estimate of drug-likeness (QED) is 0.527. The third-order valence-electron chi connectivity index (χ3n) is 3.44. The number of carbonyl (C=O) groups excluding carboxylic acids is 1. The van der Waals surface area contributed by atoms with E-state index in [2.05, 4.69) is 0 Å². The molecule has 3 aromatic carbocycles. The number of ether oxygens (including phenoxy) is 1. The predicted molar refractivity (Wildman–Crippen MR) is 94.4 cm³/mol. The lowest BCUT2D eigenvalue weighted by Crippen LogP contribution is -1.94. The minimum Gasteiger partial charge on any atom is -0.508 e. The number of hydrogen-bond donors (Lipinski definition) is 1. The lowest BCUT2D eigenvalue weighted by Gasteiger charge is -2.05. The second-order valence-corrected chi connectivity index (χ2v) is 5.23. The van der Waals surface area contributed by atoms with Gasteiger partial charge in [-0.25, -0.2) is 0 Å². The molecule has 0 heterocycles. The fourth-order valence-corrected chi connectivity index (χ4v) is 2.17. The largest absolute Gasteiger partial charge is 0.508 e. The number of allylic oxidation sites excluding steroid dienone is 1. The molecule has 3 rings (SSSR count). The van der Waals surface area contributed by atoms with Gasteiger partial charge in [0.2, 0.25) is 0 Å². The Balaban J connectivity index is 1.66. The van der Waals surface area contributed by atoms with E-state index in [0.717, 1.165) is 11.3 Å². The van der Waals surface area contributed by atoms with Crippen LogP contribution in [0.1, 0.15) is 15.9 Å². The highest BCUT2D eigenvalue weighted by Crippen LogP contribution is 2.21. The van der Waals surface area contributed by atoms with Gasteiger partial charge in [-0.2, -0.15) is 0 Å². The summed E-state index contributed by atoms with van der Waals surface area (Å²) >= 11 is 0. The first-order valence-electron chi connectivity index (χ1n) is 7.55. The van der Waals surface area contributed by atoms with Crippen molar-refractivity contribution in [1.82, 2.24) is 0 Å². The fourth-order valence-electron chi connectivity index (χ4n) is 2.17. The van der Waals surface area contributed by atoms with Gasteiger partial charge in [0.15, 0.2) is 5.78 Å². The maximum Gasteiger partial charge on any atom is 0.185 e. The van der Waals surface area contributed by atoms with Crippen LogP contribution in [0.3, 0.4) is 0 Å². The van der Waals surface area contributed by atoms with Crippen LogP contribution in [0.2, 0.25) is 0 Å². The third kappa shape index (κ3) is 4.11. The van der Waals surface area contributed by atoms with Crippen molar-refractivity contribution in [2.45, 2.75) is 0 Å². The van der Waals surface area contributed by atoms with Crippen molar-refractivity contribution in [3.63, 3.8) is 0 Å².